The van der Waals surface area contributed by atoms with Crippen LogP contribution in [0.5, 0.6) is 5.75 Å². The Labute approximate surface area is 86.1 Å². The highest BCUT2D eigenvalue weighted by atomic mass is 19.4. The molecule has 0 saturated carbocycles. The van der Waals surface area contributed by atoms with Gasteiger partial charge in [-0.2, -0.15) is 13.2 Å². The second-order valence-corrected chi connectivity index (χ2v) is 3.14. The van der Waals surface area contributed by atoms with Crippen LogP contribution in [0, 0.1) is 0 Å². The molecule has 84 valence electrons. The third-order valence-corrected chi connectivity index (χ3v) is 1.96. The first-order valence-electron chi connectivity index (χ1n) is 4.41. The topological polar surface area (TPSA) is 21.3 Å². The molecule has 0 saturated heterocycles. The van der Waals surface area contributed by atoms with Gasteiger partial charge in [-0.15, -0.1) is 0 Å². The van der Waals surface area contributed by atoms with E-state index >= 15 is 0 Å². The van der Waals surface area contributed by atoms with Gasteiger partial charge in [0.2, 0.25) is 0 Å². The number of benzene rings is 1. The number of rotatable bonds is 3. The van der Waals surface area contributed by atoms with Gasteiger partial charge in [0.1, 0.15) is 11.8 Å². The molecule has 0 spiro atoms. The van der Waals surface area contributed by atoms with Crippen molar-refractivity contribution in [2.24, 2.45) is 0 Å². The van der Waals surface area contributed by atoms with E-state index in [2.05, 4.69) is 5.32 Å². The Morgan fingerprint density at radius 1 is 1.20 bits per heavy atom. The Morgan fingerprint density at radius 2 is 1.73 bits per heavy atom. The molecule has 1 N–H and O–H groups in total. The van der Waals surface area contributed by atoms with Crippen LogP contribution < -0.4 is 10.1 Å². The van der Waals surface area contributed by atoms with Crippen molar-refractivity contribution < 1.29 is 17.9 Å². The number of hydrogen-bond acceptors (Lipinski definition) is 2. The molecule has 1 aromatic rings. The highest BCUT2D eigenvalue weighted by Gasteiger charge is 2.35. The van der Waals surface area contributed by atoms with Gasteiger partial charge in [-0.05, 0) is 31.2 Å². The van der Waals surface area contributed by atoms with Crippen molar-refractivity contribution in [3.8, 4) is 5.75 Å². The second-order valence-electron chi connectivity index (χ2n) is 3.14. The maximum Gasteiger partial charge on any atom is 0.408 e. The third-order valence-electron chi connectivity index (χ3n) is 1.96. The molecule has 0 aliphatic heterocycles. The summed E-state index contributed by atoms with van der Waals surface area (Å²) >= 11 is 0. The summed E-state index contributed by atoms with van der Waals surface area (Å²) in [4.78, 5) is 0. The molecule has 1 rings (SSSR count). The average Bonchev–Trinajstić information content (AvgIpc) is 2.17. The molecule has 0 heterocycles. The molecule has 5 heteroatoms. The van der Waals surface area contributed by atoms with Crippen molar-refractivity contribution in [2.75, 3.05) is 12.4 Å². The minimum atomic E-state index is -4.24. The summed E-state index contributed by atoms with van der Waals surface area (Å²) < 4.78 is 41.5. The lowest BCUT2D eigenvalue weighted by Crippen LogP contribution is -2.32. The lowest BCUT2D eigenvalue weighted by Gasteiger charge is -2.18. The minimum Gasteiger partial charge on any atom is -0.497 e. The summed E-state index contributed by atoms with van der Waals surface area (Å²) in [5.41, 5.74) is 0.417. The zero-order valence-electron chi connectivity index (χ0n) is 8.43. The molecule has 0 aromatic heterocycles. The first kappa shape index (κ1) is 11.7. The number of halogens is 3. The molecule has 1 aromatic carbocycles. The number of nitrogens with one attached hydrogen (secondary N) is 1. The molecule has 0 amide bonds. The predicted molar refractivity (Wildman–Crippen MR) is 52.1 cm³/mol. The maximum absolute atomic E-state index is 12.2. The fourth-order valence-corrected chi connectivity index (χ4v) is 1.02. The summed E-state index contributed by atoms with van der Waals surface area (Å²) in [6.45, 7) is 1.07. The molecule has 1 atom stereocenters. The van der Waals surface area contributed by atoms with Crippen LogP contribution >= 0.6 is 0 Å². The zero-order valence-corrected chi connectivity index (χ0v) is 8.43. The molecule has 15 heavy (non-hydrogen) atoms. The Morgan fingerprint density at radius 3 is 2.13 bits per heavy atom. The fourth-order valence-electron chi connectivity index (χ4n) is 1.02. The summed E-state index contributed by atoms with van der Waals surface area (Å²) in [5.74, 6) is 0.611. The number of hydrogen-bond donors (Lipinski definition) is 1. The lowest BCUT2D eigenvalue weighted by molar-refractivity contribution is -0.138. The zero-order chi connectivity index (χ0) is 11.5. The van der Waals surface area contributed by atoms with Crippen LogP contribution in [0.2, 0.25) is 0 Å². The Balaban J connectivity index is 2.65. The normalized spacial score (nSPS) is 13.4. The van der Waals surface area contributed by atoms with E-state index < -0.39 is 12.2 Å². The van der Waals surface area contributed by atoms with Gasteiger partial charge in [-0.25, -0.2) is 0 Å². The molecular formula is C10H12F3NO. The van der Waals surface area contributed by atoms with Gasteiger partial charge in [0.05, 0.1) is 7.11 Å². The van der Waals surface area contributed by atoms with E-state index in [1.165, 1.54) is 7.11 Å². The molecule has 1 unspecified atom stereocenters. The fraction of sp³-hybridized carbons (Fsp3) is 0.400. The summed E-state index contributed by atoms with van der Waals surface area (Å²) in [7, 11) is 1.50. The number of ether oxygens (including phenoxy) is 1. The number of alkyl halides is 3. The Kier molecular flexibility index (Phi) is 3.44. The Bertz CT molecular complexity index is 307. The van der Waals surface area contributed by atoms with E-state index in [0.717, 1.165) is 6.92 Å². The first-order valence-corrected chi connectivity index (χ1v) is 4.41. The quantitative estimate of drug-likeness (QED) is 0.843. The van der Waals surface area contributed by atoms with Crippen molar-refractivity contribution in [2.45, 2.75) is 19.1 Å². The standard InChI is InChI=1S/C10H12F3NO/c1-7(10(11,12)13)14-8-3-5-9(15-2)6-4-8/h3-7,14H,1-2H3. The van der Waals surface area contributed by atoms with Gasteiger partial charge in [-0.1, -0.05) is 0 Å². The largest absolute Gasteiger partial charge is 0.497 e. The van der Waals surface area contributed by atoms with E-state index in [9.17, 15) is 13.2 Å². The van der Waals surface area contributed by atoms with E-state index in [0.29, 0.717) is 11.4 Å². The summed E-state index contributed by atoms with van der Waals surface area (Å²) in [5, 5.41) is 2.35. The van der Waals surface area contributed by atoms with Crippen molar-refractivity contribution in [1.29, 1.82) is 0 Å². The Hall–Kier alpha value is -1.39. The summed E-state index contributed by atoms with van der Waals surface area (Å²) in [6, 6.07) is 4.73. The molecule has 0 radical (unpaired) electrons. The molecular weight excluding hydrogens is 207 g/mol. The minimum absolute atomic E-state index is 0.417. The van der Waals surface area contributed by atoms with Gasteiger partial charge >= 0.3 is 6.18 Å². The van der Waals surface area contributed by atoms with Crippen molar-refractivity contribution in [3.63, 3.8) is 0 Å². The molecule has 0 aliphatic rings. The van der Waals surface area contributed by atoms with Crippen LogP contribution in [-0.2, 0) is 0 Å². The third kappa shape index (κ3) is 3.34. The van der Waals surface area contributed by atoms with E-state index in [-0.39, 0.29) is 0 Å². The van der Waals surface area contributed by atoms with E-state index in [1.807, 2.05) is 0 Å². The number of anilines is 1. The molecule has 0 fully saturated rings. The monoisotopic (exact) mass is 219 g/mol. The van der Waals surface area contributed by atoms with Gasteiger partial charge in [0, 0.05) is 5.69 Å². The van der Waals surface area contributed by atoms with Crippen LogP contribution in [0.1, 0.15) is 6.92 Å². The van der Waals surface area contributed by atoms with Crippen molar-refractivity contribution in [1.82, 2.24) is 0 Å². The van der Waals surface area contributed by atoms with E-state index in [4.69, 9.17) is 4.74 Å². The highest BCUT2D eigenvalue weighted by molar-refractivity contribution is 5.47. The molecule has 0 bridgehead atoms. The highest BCUT2D eigenvalue weighted by Crippen LogP contribution is 2.24. The van der Waals surface area contributed by atoms with Crippen molar-refractivity contribution >= 4 is 5.69 Å². The van der Waals surface area contributed by atoms with Crippen LogP contribution in [0.25, 0.3) is 0 Å². The smallest absolute Gasteiger partial charge is 0.408 e. The number of methoxy groups -OCH3 is 1. The van der Waals surface area contributed by atoms with Crippen LogP contribution in [0.15, 0.2) is 24.3 Å². The maximum atomic E-state index is 12.2. The predicted octanol–water partition coefficient (Wildman–Crippen LogP) is 3.06. The molecule has 2 nitrogen and oxygen atoms in total. The first-order chi connectivity index (χ1) is 6.93. The van der Waals surface area contributed by atoms with Crippen LogP contribution in [0.3, 0.4) is 0 Å². The average molecular weight is 219 g/mol. The van der Waals surface area contributed by atoms with Gasteiger partial charge in [0.25, 0.3) is 0 Å². The van der Waals surface area contributed by atoms with Gasteiger partial charge in [-0.3, -0.25) is 0 Å². The lowest BCUT2D eigenvalue weighted by atomic mass is 10.2. The van der Waals surface area contributed by atoms with Crippen LogP contribution in [0.4, 0.5) is 18.9 Å². The second kappa shape index (κ2) is 4.42. The van der Waals surface area contributed by atoms with E-state index in [1.54, 1.807) is 24.3 Å². The van der Waals surface area contributed by atoms with Crippen molar-refractivity contribution in [3.05, 3.63) is 24.3 Å². The van der Waals surface area contributed by atoms with Gasteiger partial charge in [0.15, 0.2) is 0 Å². The van der Waals surface area contributed by atoms with Gasteiger partial charge < -0.3 is 10.1 Å². The SMILES string of the molecule is COc1ccc(NC(C)C(F)(F)F)cc1. The summed E-state index contributed by atoms with van der Waals surface area (Å²) in [6.07, 6.45) is -4.24. The van der Waals surface area contributed by atoms with Crippen LogP contribution in [-0.4, -0.2) is 19.3 Å². The molecule has 0 aliphatic carbocycles.